The summed E-state index contributed by atoms with van der Waals surface area (Å²) in [7, 11) is 0. The Kier molecular flexibility index (Phi) is 6.87. The van der Waals surface area contributed by atoms with Gasteiger partial charge in [0.1, 0.15) is 0 Å². The first-order valence-corrected chi connectivity index (χ1v) is 17.4. The van der Waals surface area contributed by atoms with Gasteiger partial charge in [0.15, 0.2) is 0 Å². The fourth-order valence-corrected chi connectivity index (χ4v) is 7.78. The normalized spacial score (nSPS) is 11.1. The zero-order valence-corrected chi connectivity index (χ0v) is 29.3. The number of nitrogens with zero attached hydrogens (tertiary/aromatic N) is 12. The molecule has 0 bridgehead atoms. The van der Waals surface area contributed by atoms with Gasteiger partial charge >= 0.3 is 0 Å². The molecule has 0 atom stereocenters. The fourth-order valence-electron chi connectivity index (χ4n) is 7.78. The van der Waals surface area contributed by atoms with Crippen molar-refractivity contribution >= 4 is 65.4 Å². The molecule has 0 saturated heterocycles. The molecule has 10 aromatic rings. The highest BCUT2D eigenvalue weighted by Gasteiger charge is 2.24. The number of fused-ring (bicyclic) bond motifs is 9. The molecule has 4 heterocycles. The Morgan fingerprint density at radius 3 is 0.614 bits per heavy atom. The zero-order chi connectivity index (χ0) is 38.9. The van der Waals surface area contributed by atoms with E-state index in [2.05, 4.69) is 36.4 Å². The average molecular weight is 727 g/mol. The van der Waals surface area contributed by atoms with Crippen LogP contribution in [0.3, 0.4) is 0 Å². The summed E-state index contributed by atoms with van der Waals surface area (Å²) in [5.41, 5.74) is 6.75. The lowest BCUT2D eigenvalue weighted by molar-refractivity contribution is 0.848. The molecule has 12 nitrogen and oxygen atoms in total. The average Bonchev–Trinajstić information content (AvgIpc) is 3.89. The molecule has 0 spiro atoms. The molecule has 10 rings (SSSR count). The van der Waals surface area contributed by atoms with E-state index in [9.17, 15) is 31.6 Å². The highest BCUT2D eigenvalue weighted by atomic mass is 15.3. The van der Waals surface area contributed by atoms with Crippen molar-refractivity contribution in [2.24, 2.45) is 0 Å². The van der Waals surface area contributed by atoms with Gasteiger partial charge in [0, 0.05) is 32.3 Å². The first kappa shape index (κ1) is 32.3. The van der Waals surface area contributed by atoms with Crippen LogP contribution >= 0.6 is 0 Å². The number of rotatable bonds is 3. The van der Waals surface area contributed by atoms with E-state index < -0.39 is 0 Å². The summed E-state index contributed by atoms with van der Waals surface area (Å²) in [5, 5.41) is 63.4. The third kappa shape index (κ3) is 4.71. The van der Waals surface area contributed by atoms with Crippen LogP contribution in [0.4, 0.5) is 0 Å². The van der Waals surface area contributed by atoms with Crippen LogP contribution in [0.1, 0.15) is 33.4 Å². The van der Waals surface area contributed by atoms with Crippen molar-refractivity contribution in [3.05, 3.63) is 143 Å². The maximum atomic E-state index is 9.84. The topological polar surface area (TPSA) is 196 Å². The molecule has 0 aliphatic heterocycles. The van der Waals surface area contributed by atoms with Crippen LogP contribution < -0.4 is 0 Å². The van der Waals surface area contributed by atoms with E-state index in [1.807, 2.05) is 50.1 Å². The van der Waals surface area contributed by atoms with E-state index in [0.717, 1.165) is 32.3 Å². The van der Waals surface area contributed by atoms with Crippen molar-refractivity contribution in [1.29, 1.82) is 31.6 Å². The summed E-state index contributed by atoms with van der Waals surface area (Å²) in [4.78, 5) is 15.5. The van der Waals surface area contributed by atoms with E-state index in [1.54, 1.807) is 72.8 Å². The molecule has 0 saturated carbocycles. The van der Waals surface area contributed by atoms with Gasteiger partial charge < -0.3 is 0 Å². The summed E-state index contributed by atoms with van der Waals surface area (Å²) < 4.78 is 5.60. The maximum absolute atomic E-state index is 9.84. The van der Waals surface area contributed by atoms with Crippen LogP contribution in [0.2, 0.25) is 0 Å². The van der Waals surface area contributed by atoms with Gasteiger partial charge in [0.05, 0.1) is 103 Å². The molecule has 0 fully saturated rings. The van der Waals surface area contributed by atoms with Crippen molar-refractivity contribution in [3.63, 3.8) is 0 Å². The molecule has 12 heteroatoms. The van der Waals surface area contributed by atoms with Crippen molar-refractivity contribution in [3.8, 4) is 54.3 Å². The Balaban J connectivity index is 1.38. The molecular weight excluding hydrogens is 709 g/mol. The summed E-state index contributed by atoms with van der Waals surface area (Å²) in [5.74, 6) is 0.664. The Morgan fingerprint density at radius 2 is 0.456 bits per heavy atom. The van der Waals surface area contributed by atoms with Crippen LogP contribution in [0.15, 0.2) is 109 Å². The van der Waals surface area contributed by atoms with E-state index in [0.29, 0.717) is 66.5 Å². The number of aromatic nitrogens is 6. The second kappa shape index (κ2) is 12.1. The molecule has 57 heavy (non-hydrogen) atoms. The monoisotopic (exact) mass is 726 g/mol. The predicted molar refractivity (Wildman–Crippen MR) is 211 cm³/mol. The first-order valence-electron chi connectivity index (χ1n) is 17.4. The third-order valence-electron chi connectivity index (χ3n) is 10.3. The highest BCUT2D eigenvalue weighted by Crippen LogP contribution is 2.37. The maximum Gasteiger partial charge on any atom is 0.241 e. The Bertz CT molecular complexity index is 3110. The van der Waals surface area contributed by atoms with Crippen molar-refractivity contribution in [2.75, 3.05) is 0 Å². The largest absolute Gasteiger partial charge is 0.278 e. The van der Waals surface area contributed by atoms with Crippen LogP contribution in [0, 0.1) is 68.0 Å². The molecule has 0 N–H and O–H groups in total. The Hall–Kier alpha value is -9.33. The molecule has 0 aliphatic rings. The highest BCUT2D eigenvalue weighted by molar-refractivity contribution is 6.12. The minimum Gasteiger partial charge on any atom is -0.278 e. The molecule has 6 aromatic carbocycles. The summed E-state index contributed by atoms with van der Waals surface area (Å²) in [6.45, 7) is 0. The SMILES string of the molecule is N#Cc1ccc2c(c1)c1cc(C#N)ccc1n2-c1nc(-n2c3ccc(C#N)cc3c3cc(C#N)ccc32)nc(-n2c3ccc(C#N)cc3c3cc(C#N)ccc32)n1. The van der Waals surface area contributed by atoms with Gasteiger partial charge in [-0.25, -0.2) is 0 Å². The van der Waals surface area contributed by atoms with Gasteiger partial charge in [0.25, 0.3) is 0 Å². The lowest BCUT2D eigenvalue weighted by Gasteiger charge is -2.14. The summed E-state index contributed by atoms with van der Waals surface area (Å²) in [6, 6.07) is 45.2. The van der Waals surface area contributed by atoms with E-state index in [4.69, 9.17) is 15.0 Å². The van der Waals surface area contributed by atoms with Gasteiger partial charge in [-0.2, -0.15) is 46.5 Å². The summed E-state index contributed by atoms with van der Waals surface area (Å²) >= 11 is 0. The van der Waals surface area contributed by atoms with Crippen molar-refractivity contribution in [1.82, 2.24) is 28.7 Å². The number of nitriles is 6. The standard InChI is InChI=1S/C45H18N12/c46-19-25-1-7-37-31(13-25)32-14-26(20-47)2-8-38(32)55(37)43-52-44(56-39-9-3-27(21-48)15-33(39)34-16-28(22-49)4-10-40(34)56)54-45(53-43)57-41-11-5-29(23-50)17-35(41)36-18-30(24-51)6-12-42(36)57/h1-18H. The third-order valence-corrected chi connectivity index (χ3v) is 10.3. The number of benzene rings is 6. The van der Waals surface area contributed by atoms with E-state index in [-0.39, 0.29) is 17.8 Å². The minimum absolute atomic E-state index is 0.221. The smallest absolute Gasteiger partial charge is 0.241 e. The number of hydrogen-bond donors (Lipinski definition) is 0. The second-order valence-electron chi connectivity index (χ2n) is 13.3. The van der Waals surface area contributed by atoms with Crippen LogP contribution in [-0.2, 0) is 0 Å². The van der Waals surface area contributed by atoms with Gasteiger partial charge in [-0.1, -0.05) is 0 Å². The molecule has 0 radical (unpaired) electrons. The predicted octanol–water partition coefficient (Wildman–Crippen LogP) is 8.39. The molecule has 4 aromatic heterocycles. The van der Waals surface area contributed by atoms with Crippen molar-refractivity contribution in [2.45, 2.75) is 0 Å². The quantitative estimate of drug-likeness (QED) is 0.172. The molecular formula is C45H18N12. The first-order chi connectivity index (χ1) is 27.9. The molecule has 258 valence electrons. The fraction of sp³-hybridized carbons (Fsp3) is 0. The van der Waals surface area contributed by atoms with Crippen LogP contribution in [0.25, 0.3) is 83.3 Å². The molecule has 0 aliphatic carbocycles. The number of hydrogen-bond acceptors (Lipinski definition) is 9. The van der Waals surface area contributed by atoms with Gasteiger partial charge in [-0.05, 0) is 109 Å². The summed E-state index contributed by atoms with van der Waals surface area (Å²) in [6.07, 6.45) is 0. The second-order valence-corrected chi connectivity index (χ2v) is 13.3. The van der Waals surface area contributed by atoms with E-state index >= 15 is 0 Å². The van der Waals surface area contributed by atoms with Crippen LogP contribution in [0.5, 0.6) is 0 Å². The Labute approximate surface area is 321 Å². The lowest BCUT2D eigenvalue weighted by Crippen LogP contribution is -2.13. The van der Waals surface area contributed by atoms with Crippen molar-refractivity contribution < 1.29 is 0 Å². The lowest BCUT2D eigenvalue weighted by atomic mass is 10.1. The molecule has 0 amide bonds. The van der Waals surface area contributed by atoms with E-state index in [1.165, 1.54) is 0 Å². The Morgan fingerprint density at radius 1 is 0.281 bits per heavy atom. The van der Waals surface area contributed by atoms with Gasteiger partial charge in [-0.15, -0.1) is 0 Å². The molecule has 0 unspecified atom stereocenters. The zero-order valence-electron chi connectivity index (χ0n) is 29.3. The van der Waals surface area contributed by atoms with Crippen LogP contribution in [-0.4, -0.2) is 28.7 Å². The minimum atomic E-state index is 0.221. The van der Waals surface area contributed by atoms with Gasteiger partial charge in [-0.3, -0.25) is 13.7 Å². The van der Waals surface area contributed by atoms with Gasteiger partial charge in [0.2, 0.25) is 17.8 Å².